The van der Waals surface area contributed by atoms with Gasteiger partial charge in [0.25, 0.3) is 0 Å². The summed E-state index contributed by atoms with van der Waals surface area (Å²) < 4.78 is 4.69. The van der Waals surface area contributed by atoms with E-state index in [-0.39, 0.29) is 5.69 Å². The molecule has 0 fully saturated rings. The molecule has 2 rings (SSSR count). The van der Waals surface area contributed by atoms with Gasteiger partial charge in [0.2, 0.25) is 0 Å². The number of rotatable bonds is 3. The van der Waals surface area contributed by atoms with Crippen LogP contribution >= 0.6 is 11.3 Å². The highest BCUT2D eigenvalue weighted by Crippen LogP contribution is 2.32. The number of carbonyl (C=O) groups is 1. The Morgan fingerprint density at radius 3 is 2.71 bits per heavy atom. The smallest absolute Gasteiger partial charge is 0.358 e. The van der Waals surface area contributed by atoms with Crippen molar-refractivity contribution in [3.05, 3.63) is 36.0 Å². The number of nitrogens with one attached hydrogen (secondary N) is 1. The Morgan fingerprint density at radius 1 is 1.41 bits per heavy atom. The fourth-order valence-electron chi connectivity index (χ4n) is 1.40. The number of hydrazine groups is 1. The molecule has 88 valence electrons. The first kappa shape index (κ1) is 11.6. The summed E-state index contributed by atoms with van der Waals surface area (Å²) in [6.07, 6.45) is 0. The van der Waals surface area contributed by atoms with E-state index in [1.165, 1.54) is 18.4 Å². The molecule has 0 spiro atoms. The van der Waals surface area contributed by atoms with Crippen molar-refractivity contribution in [1.29, 1.82) is 0 Å². The zero-order chi connectivity index (χ0) is 12.3. The van der Waals surface area contributed by atoms with Gasteiger partial charge in [-0.3, -0.25) is 5.43 Å². The Labute approximate surface area is 102 Å². The van der Waals surface area contributed by atoms with E-state index in [1.54, 1.807) is 0 Å². The Balaban J connectivity index is 2.52. The minimum Gasteiger partial charge on any atom is -0.464 e. The first-order valence-electron chi connectivity index (χ1n) is 4.87. The molecule has 0 radical (unpaired) electrons. The van der Waals surface area contributed by atoms with Gasteiger partial charge in [0.15, 0.2) is 10.8 Å². The molecule has 6 heteroatoms. The van der Waals surface area contributed by atoms with Crippen LogP contribution in [-0.2, 0) is 4.74 Å². The number of carbonyl (C=O) groups excluding carboxylic acids is 1. The molecule has 17 heavy (non-hydrogen) atoms. The van der Waals surface area contributed by atoms with Crippen molar-refractivity contribution in [3.8, 4) is 10.4 Å². The molecule has 0 unspecified atom stereocenters. The number of ether oxygens (including phenoxy) is 1. The van der Waals surface area contributed by atoms with Gasteiger partial charge in [0.05, 0.1) is 12.0 Å². The molecule has 3 N–H and O–H groups in total. The normalized spacial score (nSPS) is 10.0. The van der Waals surface area contributed by atoms with E-state index in [0.717, 1.165) is 10.4 Å². The highest BCUT2D eigenvalue weighted by Gasteiger charge is 2.19. The predicted molar refractivity (Wildman–Crippen MR) is 66.7 cm³/mol. The second kappa shape index (κ2) is 4.94. The quantitative estimate of drug-likeness (QED) is 0.493. The monoisotopic (exact) mass is 249 g/mol. The maximum absolute atomic E-state index is 11.6. The molecule has 0 aliphatic rings. The maximum Gasteiger partial charge on any atom is 0.358 e. The molecule has 0 amide bonds. The summed E-state index contributed by atoms with van der Waals surface area (Å²) in [7, 11) is 1.33. The first-order chi connectivity index (χ1) is 8.26. The fourth-order valence-corrected chi connectivity index (χ4v) is 2.27. The van der Waals surface area contributed by atoms with Crippen molar-refractivity contribution >= 4 is 22.4 Å². The van der Waals surface area contributed by atoms with Crippen LogP contribution in [0.1, 0.15) is 10.5 Å². The SMILES string of the molecule is COC(=O)c1nc(NN)sc1-c1ccccc1. The molecular weight excluding hydrogens is 238 g/mol. The van der Waals surface area contributed by atoms with Gasteiger partial charge in [0, 0.05) is 0 Å². The number of nitrogen functional groups attached to an aromatic ring is 1. The fraction of sp³-hybridized carbons (Fsp3) is 0.0909. The van der Waals surface area contributed by atoms with Gasteiger partial charge in [-0.2, -0.15) is 0 Å². The van der Waals surface area contributed by atoms with Gasteiger partial charge in [-0.1, -0.05) is 41.7 Å². The third-order valence-corrected chi connectivity index (χ3v) is 3.20. The highest BCUT2D eigenvalue weighted by molar-refractivity contribution is 7.19. The molecular formula is C11H11N3O2S. The van der Waals surface area contributed by atoms with Crippen LogP contribution in [0.3, 0.4) is 0 Å². The molecule has 1 aromatic carbocycles. The zero-order valence-electron chi connectivity index (χ0n) is 9.14. The van der Waals surface area contributed by atoms with Gasteiger partial charge in [0.1, 0.15) is 0 Å². The van der Waals surface area contributed by atoms with Gasteiger partial charge >= 0.3 is 5.97 Å². The molecule has 0 aliphatic carbocycles. The number of methoxy groups -OCH3 is 1. The van der Waals surface area contributed by atoms with Crippen LogP contribution in [0.25, 0.3) is 10.4 Å². The summed E-state index contributed by atoms with van der Waals surface area (Å²) in [5.74, 6) is 4.83. The highest BCUT2D eigenvalue weighted by atomic mass is 32.1. The van der Waals surface area contributed by atoms with E-state index in [9.17, 15) is 4.79 Å². The van der Waals surface area contributed by atoms with Crippen molar-refractivity contribution in [1.82, 2.24) is 4.98 Å². The number of nitrogens with two attached hydrogens (primary N) is 1. The zero-order valence-corrected chi connectivity index (χ0v) is 9.95. The van der Waals surface area contributed by atoms with Crippen molar-refractivity contribution < 1.29 is 9.53 Å². The Bertz CT molecular complexity index is 525. The molecule has 5 nitrogen and oxygen atoms in total. The van der Waals surface area contributed by atoms with E-state index in [1.807, 2.05) is 30.3 Å². The summed E-state index contributed by atoms with van der Waals surface area (Å²) >= 11 is 1.31. The summed E-state index contributed by atoms with van der Waals surface area (Å²) in [5, 5.41) is 0.476. The summed E-state index contributed by atoms with van der Waals surface area (Å²) in [4.78, 5) is 16.4. The van der Waals surface area contributed by atoms with Gasteiger partial charge in [-0.05, 0) is 5.56 Å². The molecule has 0 bridgehead atoms. The lowest BCUT2D eigenvalue weighted by Gasteiger charge is -1.99. The minimum absolute atomic E-state index is 0.275. The molecule has 0 aliphatic heterocycles. The second-order valence-electron chi connectivity index (χ2n) is 3.20. The van der Waals surface area contributed by atoms with Gasteiger partial charge in [-0.25, -0.2) is 15.6 Å². The van der Waals surface area contributed by atoms with E-state index >= 15 is 0 Å². The third-order valence-electron chi connectivity index (χ3n) is 2.17. The van der Waals surface area contributed by atoms with Crippen LogP contribution in [0.4, 0.5) is 5.13 Å². The molecule has 1 aromatic heterocycles. The summed E-state index contributed by atoms with van der Waals surface area (Å²) in [6, 6.07) is 9.50. The topological polar surface area (TPSA) is 77.2 Å². The number of hydrogen-bond acceptors (Lipinski definition) is 6. The number of benzene rings is 1. The van der Waals surface area contributed by atoms with Crippen LogP contribution in [0.15, 0.2) is 30.3 Å². The van der Waals surface area contributed by atoms with Crippen molar-refractivity contribution in [2.45, 2.75) is 0 Å². The van der Waals surface area contributed by atoms with Crippen LogP contribution < -0.4 is 11.3 Å². The minimum atomic E-state index is -0.471. The van der Waals surface area contributed by atoms with Crippen molar-refractivity contribution in [3.63, 3.8) is 0 Å². The standard InChI is InChI=1S/C11H11N3O2S/c1-16-10(15)8-9(17-11(13-8)14-12)7-5-3-2-4-6-7/h2-6H,12H2,1H3,(H,13,14). The van der Waals surface area contributed by atoms with Crippen LogP contribution in [0.5, 0.6) is 0 Å². The van der Waals surface area contributed by atoms with Gasteiger partial charge < -0.3 is 4.74 Å². The number of anilines is 1. The number of esters is 1. The van der Waals surface area contributed by atoms with Crippen molar-refractivity contribution in [2.24, 2.45) is 5.84 Å². The first-order valence-corrected chi connectivity index (χ1v) is 5.69. The largest absolute Gasteiger partial charge is 0.464 e. The summed E-state index contributed by atoms with van der Waals surface area (Å²) in [6.45, 7) is 0. The van der Waals surface area contributed by atoms with E-state index in [4.69, 9.17) is 10.6 Å². The second-order valence-corrected chi connectivity index (χ2v) is 4.20. The number of nitrogens with zero attached hydrogens (tertiary/aromatic N) is 1. The lowest BCUT2D eigenvalue weighted by molar-refractivity contribution is 0.0596. The van der Waals surface area contributed by atoms with Crippen LogP contribution in [0, 0.1) is 0 Å². The molecule has 1 heterocycles. The molecule has 0 saturated heterocycles. The number of thiazole rings is 1. The lowest BCUT2D eigenvalue weighted by Crippen LogP contribution is -2.07. The maximum atomic E-state index is 11.6. The van der Waals surface area contributed by atoms with Crippen molar-refractivity contribution in [2.75, 3.05) is 12.5 Å². The molecule has 0 atom stereocenters. The predicted octanol–water partition coefficient (Wildman–Crippen LogP) is 1.88. The van der Waals surface area contributed by atoms with E-state index < -0.39 is 5.97 Å². The number of hydrogen-bond donors (Lipinski definition) is 2. The lowest BCUT2D eigenvalue weighted by atomic mass is 10.1. The third kappa shape index (κ3) is 2.27. The average molecular weight is 249 g/mol. The Morgan fingerprint density at radius 2 is 2.12 bits per heavy atom. The average Bonchev–Trinajstić information content (AvgIpc) is 2.83. The Kier molecular flexibility index (Phi) is 3.36. The summed E-state index contributed by atoms with van der Waals surface area (Å²) in [5.41, 5.74) is 3.62. The molecule has 2 aromatic rings. The van der Waals surface area contributed by atoms with Crippen LogP contribution in [-0.4, -0.2) is 18.1 Å². The van der Waals surface area contributed by atoms with E-state index in [0.29, 0.717) is 5.13 Å². The number of aromatic nitrogens is 1. The molecule has 0 saturated carbocycles. The van der Waals surface area contributed by atoms with E-state index in [2.05, 4.69) is 10.4 Å². The van der Waals surface area contributed by atoms with Crippen LogP contribution in [0.2, 0.25) is 0 Å². The van der Waals surface area contributed by atoms with Gasteiger partial charge in [-0.15, -0.1) is 0 Å². The Hall–Kier alpha value is -1.92.